The fraction of sp³-hybridized carbons (Fsp3) is 0.292. The van der Waals surface area contributed by atoms with Gasteiger partial charge in [0.25, 0.3) is 5.56 Å². The van der Waals surface area contributed by atoms with Gasteiger partial charge in [0.1, 0.15) is 5.82 Å². The molecule has 0 saturated heterocycles. The van der Waals surface area contributed by atoms with Gasteiger partial charge in [0.2, 0.25) is 5.91 Å². The summed E-state index contributed by atoms with van der Waals surface area (Å²) in [7, 11) is 1.52. The van der Waals surface area contributed by atoms with E-state index in [1.54, 1.807) is 0 Å². The molecule has 0 fully saturated rings. The lowest BCUT2D eigenvalue weighted by Crippen LogP contribution is -2.39. The Morgan fingerprint density at radius 3 is 2.10 bits per heavy atom. The predicted octanol–water partition coefficient (Wildman–Crippen LogP) is 3.10. The Hall–Kier alpha value is -3.61. The third-order valence-electron chi connectivity index (χ3n) is 5.44. The van der Waals surface area contributed by atoms with Crippen molar-refractivity contribution in [2.24, 2.45) is 0 Å². The van der Waals surface area contributed by atoms with Crippen LogP contribution in [0.25, 0.3) is 0 Å². The number of aromatic amines is 1. The van der Waals surface area contributed by atoms with Crippen LogP contribution >= 0.6 is 0 Å². The number of unbranched alkanes of at least 4 members (excludes halogenated alkanes) is 1. The van der Waals surface area contributed by atoms with Gasteiger partial charge in [0.05, 0.1) is 0 Å². The summed E-state index contributed by atoms with van der Waals surface area (Å²) >= 11 is 0. The molecule has 0 radical (unpaired) electrons. The highest BCUT2D eigenvalue weighted by molar-refractivity contribution is 5.95. The zero-order valence-electron chi connectivity index (χ0n) is 17.9. The molecule has 7 heteroatoms. The molecule has 0 aliphatic heterocycles. The Balaban J connectivity index is 1.95. The number of nitrogens with one attached hydrogen (secondary N) is 1. The summed E-state index contributed by atoms with van der Waals surface area (Å²) in [6.45, 7) is 2.38. The summed E-state index contributed by atoms with van der Waals surface area (Å²) in [5, 5.41) is 0. The maximum absolute atomic E-state index is 13.2. The number of nitrogens with two attached hydrogens (primary N) is 1. The number of rotatable bonds is 8. The van der Waals surface area contributed by atoms with E-state index in [2.05, 4.69) is 4.98 Å². The standard InChI is InChI=1S/C24H28N4O3/c1-3-4-15-28-22(25)21(23(30)26-24(28)31)27(2)20(29)16-19(17-11-7-5-8-12-17)18-13-9-6-10-14-18/h5-14,19H,3-4,15-16,25H2,1-2H3,(H,26,30,31). The molecule has 0 atom stereocenters. The van der Waals surface area contributed by atoms with Crippen LogP contribution in [0, 0.1) is 0 Å². The second kappa shape index (κ2) is 9.93. The number of benzene rings is 2. The number of aromatic nitrogens is 2. The molecular weight excluding hydrogens is 392 g/mol. The first kappa shape index (κ1) is 22.1. The van der Waals surface area contributed by atoms with E-state index < -0.39 is 11.2 Å². The van der Waals surface area contributed by atoms with E-state index in [9.17, 15) is 14.4 Å². The molecule has 1 amide bonds. The zero-order valence-corrected chi connectivity index (χ0v) is 17.9. The van der Waals surface area contributed by atoms with Crippen LogP contribution in [0.1, 0.15) is 43.2 Å². The van der Waals surface area contributed by atoms with E-state index in [4.69, 9.17) is 5.73 Å². The minimum absolute atomic E-state index is 0.000534. The number of carbonyl (C=O) groups excluding carboxylic acids is 1. The SMILES string of the molecule is CCCCn1c(N)c(N(C)C(=O)CC(c2ccccc2)c2ccccc2)c(=O)[nH]c1=O. The second-order valence-electron chi connectivity index (χ2n) is 7.53. The van der Waals surface area contributed by atoms with Gasteiger partial charge in [-0.15, -0.1) is 0 Å². The van der Waals surface area contributed by atoms with Gasteiger partial charge in [-0.2, -0.15) is 0 Å². The minimum atomic E-state index is -0.665. The maximum Gasteiger partial charge on any atom is 0.330 e. The molecule has 3 rings (SSSR count). The third kappa shape index (κ3) is 4.94. The van der Waals surface area contributed by atoms with Crippen molar-refractivity contribution in [3.63, 3.8) is 0 Å². The van der Waals surface area contributed by atoms with E-state index in [-0.39, 0.29) is 29.8 Å². The van der Waals surface area contributed by atoms with E-state index in [1.165, 1.54) is 16.5 Å². The molecule has 0 saturated carbocycles. The summed E-state index contributed by atoms with van der Waals surface area (Å²) in [6, 6.07) is 19.5. The van der Waals surface area contributed by atoms with Gasteiger partial charge >= 0.3 is 5.69 Å². The van der Waals surface area contributed by atoms with Gasteiger partial charge in [-0.1, -0.05) is 74.0 Å². The lowest BCUT2D eigenvalue weighted by molar-refractivity contribution is -0.118. The van der Waals surface area contributed by atoms with Crippen molar-refractivity contribution in [2.75, 3.05) is 17.7 Å². The van der Waals surface area contributed by atoms with Gasteiger partial charge in [0.15, 0.2) is 5.69 Å². The summed E-state index contributed by atoms with van der Waals surface area (Å²) in [6.07, 6.45) is 1.75. The average molecular weight is 421 g/mol. The van der Waals surface area contributed by atoms with Crippen LogP contribution in [0.5, 0.6) is 0 Å². The Morgan fingerprint density at radius 1 is 1.03 bits per heavy atom. The van der Waals surface area contributed by atoms with Crippen LogP contribution in [0.2, 0.25) is 0 Å². The summed E-state index contributed by atoms with van der Waals surface area (Å²) in [5.41, 5.74) is 6.95. The molecule has 1 aromatic heterocycles. The highest BCUT2D eigenvalue weighted by Gasteiger charge is 2.25. The van der Waals surface area contributed by atoms with Gasteiger partial charge in [-0.3, -0.25) is 19.1 Å². The number of hydrogen-bond acceptors (Lipinski definition) is 4. The van der Waals surface area contributed by atoms with Crippen LogP contribution in [-0.2, 0) is 11.3 Å². The fourth-order valence-corrected chi connectivity index (χ4v) is 3.67. The van der Waals surface area contributed by atoms with E-state index >= 15 is 0 Å². The second-order valence-corrected chi connectivity index (χ2v) is 7.53. The first-order valence-corrected chi connectivity index (χ1v) is 10.4. The van der Waals surface area contributed by atoms with Crippen molar-refractivity contribution in [3.8, 4) is 0 Å². The lowest BCUT2D eigenvalue weighted by atomic mass is 9.88. The molecule has 7 nitrogen and oxygen atoms in total. The fourth-order valence-electron chi connectivity index (χ4n) is 3.67. The van der Waals surface area contributed by atoms with Gasteiger partial charge < -0.3 is 10.6 Å². The van der Waals surface area contributed by atoms with Crippen LogP contribution in [0.4, 0.5) is 11.5 Å². The largest absolute Gasteiger partial charge is 0.383 e. The average Bonchev–Trinajstić information content (AvgIpc) is 2.78. The normalized spacial score (nSPS) is 10.9. The Bertz CT molecular complexity index is 1100. The number of carbonyl (C=O) groups is 1. The van der Waals surface area contributed by atoms with Crippen LogP contribution < -0.4 is 21.9 Å². The van der Waals surface area contributed by atoms with Crippen molar-refractivity contribution in [1.29, 1.82) is 0 Å². The maximum atomic E-state index is 13.2. The zero-order chi connectivity index (χ0) is 22.4. The molecule has 31 heavy (non-hydrogen) atoms. The molecular formula is C24H28N4O3. The monoisotopic (exact) mass is 420 g/mol. The van der Waals surface area contributed by atoms with Gasteiger partial charge in [-0.05, 0) is 17.5 Å². The van der Waals surface area contributed by atoms with Crippen molar-refractivity contribution < 1.29 is 4.79 Å². The summed E-state index contributed by atoms with van der Waals surface area (Å²) in [4.78, 5) is 41.5. The number of nitrogen functional groups attached to an aromatic ring is 1. The molecule has 162 valence electrons. The van der Waals surface area contributed by atoms with Gasteiger partial charge in [-0.25, -0.2) is 4.79 Å². The number of anilines is 2. The van der Waals surface area contributed by atoms with Crippen molar-refractivity contribution in [1.82, 2.24) is 9.55 Å². The topological polar surface area (TPSA) is 101 Å². The molecule has 2 aromatic carbocycles. The molecule has 0 aliphatic carbocycles. The molecule has 3 aromatic rings. The minimum Gasteiger partial charge on any atom is -0.383 e. The smallest absolute Gasteiger partial charge is 0.330 e. The molecule has 0 unspecified atom stereocenters. The lowest BCUT2D eigenvalue weighted by Gasteiger charge is -2.24. The number of H-pyrrole nitrogens is 1. The van der Waals surface area contributed by atoms with E-state index in [0.717, 1.165) is 24.0 Å². The molecule has 0 bridgehead atoms. The molecule has 0 aliphatic rings. The quantitative estimate of drug-likeness (QED) is 0.585. The highest BCUT2D eigenvalue weighted by Crippen LogP contribution is 2.29. The third-order valence-corrected chi connectivity index (χ3v) is 5.44. The first-order valence-electron chi connectivity index (χ1n) is 10.4. The Kier molecular flexibility index (Phi) is 7.07. The molecule has 3 N–H and O–H groups in total. The van der Waals surface area contributed by atoms with Crippen LogP contribution in [0.3, 0.4) is 0 Å². The van der Waals surface area contributed by atoms with E-state index in [0.29, 0.717) is 6.54 Å². The van der Waals surface area contributed by atoms with Crippen LogP contribution in [-0.4, -0.2) is 22.5 Å². The van der Waals surface area contributed by atoms with Crippen molar-refractivity contribution >= 4 is 17.4 Å². The van der Waals surface area contributed by atoms with Crippen LogP contribution in [0.15, 0.2) is 70.3 Å². The first-order chi connectivity index (χ1) is 14.9. The highest BCUT2D eigenvalue weighted by atomic mass is 16.2. The Morgan fingerprint density at radius 2 is 1.58 bits per heavy atom. The Labute approximate surface area is 181 Å². The predicted molar refractivity (Wildman–Crippen MR) is 123 cm³/mol. The number of nitrogens with zero attached hydrogens (tertiary/aromatic N) is 2. The van der Waals surface area contributed by atoms with Gasteiger partial charge in [0, 0.05) is 25.9 Å². The van der Waals surface area contributed by atoms with Crippen molar-refractivity contribution in [2.45, 2.75) is 38.6 Å². The number of amides is 1. The molecule has 1 heterocycles. The molecule has 0 spiro atoms. The van der Waals surface area contributed by atoms with E-state index in [1.807, 2.05) is 67.6 Å². The summed E-state index contributed by atoms with van der Waals surface area (Å²) in [5.74, 6) is -0.437. The number of hydrogen-bond donors (Lipinski definition) is 2. The van der Waals surface area contributed by atoms with Crippen molar-refractivity contribution in [3.05, 3.63) is 92.6 Å². The summed E-state index contributed by atoms with van der Waals surface area (Å²) < 4.78 is 1.32.